The maximum atomic E-state index is 13.0. The lowest BCUT2D eigenvalue weighted by Crippen LogP contribution is -2.47. The average Bonchev–Trinajstić information content (AvgIpc) is 2.32. The van der Waals surface area contributed by atoms with E-state index in [-0.39, 0.29) is 11.2 Å². The second-order valence-corrected chi connectivity index (χ2v) is 4.70. The second-order valence-electron chi connectivity index (χ2n) is 4.70. The van der Waals surface area contributed by atoms with E-state index in [0.29, 0.717) is 13.2 Å². The number of nitrogen functional groups attached to an aromatic ring is 1. The van der Waals surface area contributed by atoms with Crippen LogP contribution in [-0.4, -0.2) is 13.2 Å². The number of anilines is 1. The first-order chi connectivity index (χ1) is 8.71. The Morgan fingerprint density at radius 2 is 1.39 bits per heavy atom. The largest absolute Gasteiger partial charge is 0.399 e. The van der Waals surface area contributed by atoms with Gasteiger partial charge >= 0.3 is 0 Å². The molecular formula is C15H14FNO. The molecule has 2 N–H and O–H groups in total. The van der Waals surface area contributed by atoms with Crippen LogP contribution in [0.3, 0.4) is 0 Å². The molecule has 0 unspecified atom stereocenters. The molecule has 0 radical (unpaired) electrons. The van der Waals surface area contributed by atoms with Gasteiger partial charge in [-0.05, 0) is 35.4 Å². The Kier molecular flexibility index (Phi) is 2.56. The fourth-order valence-corrected chi connectivity index (χ4v) is 2.38. The van der Waals surface area contributed by atoms with E-state index in [4.69, 9.17) is 10.5 Å². The Morgan fingerprint density at radius 3 is 1.83 bits per heavy atom. The molecule has 1 aliphatic rings. The summed E-state index contributed by atoms with van der Waals surface area (Å²) >= 11 is 0. The maximum Gasteiger partial charge on any atom is 0.123 e. The van der Waals surface area contributed by atoms with E-state index in [1.54, 1.807) is 0 Å². The fourth-order valence-electron chi connectivity index (χ4n) is 2.38. The van der Waals surface area contributed by atoms with Crippen molar-refractivity contribution in [2.45, 2.75) is 5.41 Å². The molecule has 18 heavy (non-hydrogen) atoms. The first-order valence-electron chi connectivity index (χ1n) is 5.90. The Bertz CT molecular complexity index is 496. The van der Waals surface area contributed by atoms with E-state index < -0.39 is 0 Å². The summed E-state index contributed by atoms with van der Waals surface area (Å²) < 4.78 is 18.4. The molecule has 1 aliphatic heterocycles. The maximum absolute atomic E-state index is 13.0. The number of benzene rings is 2. The summed E-state index contributed by atoms with van der Waals surface area (Å²) in [5, 5.41) is 0. The molecule has 0 saturated carbocycles. The third-order valence-corrected chi connectivity index (χ3v) is 3.56. The minimum atomic E-state index is -0.216. The van der Waals surface area contributed by atoms with Gasteiger partial charge in [0.05, 0.1) is 18.6 Å². The standard InChI is InChI=1S/C15H14FNO/c16-13-5-1-11(2-6-13)15(9-18-10-15)12-3-7-14(17)8-4-12/h1-8H,9-10,17H2. The van der Waals surface area contributed by atoms with Crippen LogP contribution in [0.15, 0.2) is 48.5 Å². The number of ether oxygens (including phenoxy) is 1. The summed E-state index contributed by atoms with van der Waals surface area (Å²) in [6, 6.07) is 14.4. The second kappa shape index (κ2) is 4.10. The van der Waals surface area contributed by atoms with Crippen LogP contribution in [0.5, 0.6) is 0 Å². The van der Waals surface area contributed by atoms with Crippen LogP contribution >= 0.6 is 0 Å². The van der Waals surface area contributed by atoms with Gasteiger partial charge < -0.3 is 10.5 Å². The van der Waals surface area contributed by atoms with Crippen molar-refractivity contribution in [3.8, 4) is 0 Å². The van der Waals surface area contributed by atoms with Crippen LogP contribution in [0, 0.1) is 5.82 Å². The van der Waals surface area contributed by atoms with E-state index in [0.717, 1.165) is 16.8 Å². The number of hydrogen-bond acceptors (Lipinski definition) is 2. The van der Waals surface area contributed by atoms with Crippen LogP contribution < -0.4 is 5.73 Å². The Balaban J connectivity index is 2.04. The summed E-state index contributed by atoms with van der Waals surface area (Å²) in [5.41, 5.74) is 8.54. The summed E-state index contributed by atoms with van der Waals surface area (Å²) in [7, 11) is 0. The SMILES string of the molecule is Nc1ccc(C2(c3ccc(F)cc3)COC2)cc1. The minimum absolute atomic E-state index is 0.151. The molecule has 92 valence electrons. The van der Waals surface area contributed by atoms with Gasteiger partial charge in [-0.1, -0.05) is 24.3 Å². The summed E-state index contributed by atoms with van der Waals surface area (Å²) in [6.45, 7) is 1.26. The van der Waals surface area contributed by atoms with Crippen molar-refractivity contribution in [3.63, 3.8) is 0 Å². The molecule has 2 aromatic carbocycles. The minimum Gasteiger partial charge on any atom is -0.399 e. The number of nitrogens with two attached hydrogens (primary N) is 1. The van der Waals surface area contributed by atoms with Crippen LogP contribution in [0.4, 0.5) is 10.1 Å². The fraction of sp³-hybridized carbons (Fsp3) is 0.200. The molecule has 0 amide bonds. The van der Waals surface area contributed by atoms with Gasteiger partial charge in [0.25, 0.3) is 0 Å². The zero-order valence-electron chi connectivity index (χ0n) is 9.90. The van der Waals surface area contributed by atoms with Gasteiger partial charge in [0, 0.05) is 5.69 Å². The molecule has 0 spiro atoms. The molecule has 1 saturated heterocycles. The molecule has 2 aromatic rings. The lowest BCUT2D eigenvalue weighted by molar-refractivity contribution is -0.0380. The van der Waals surface area contributed by atoms with Gasteiger partial charge in [0.2, 0.25) is 0 Å². The van der Waals surface area contributed by atoms with Crippen molar-refractivity contribution in [1.29, 1.82) is 0 Å². The van der Waals surface area contributed by atoms with Crippen molar-refractivity contribution in [2.24, 2.45) is 0 Å². The van der Waals surface area contributed by atoms with Gasteiger partial charge in [-0.25, -0.2) is 4.39 Å². The third-order valence-electron chi connectivity index (χ3n) is 3.56. The molecule has 0 aliphatic carbocycles. The third kappa shape index (κ3) is 1.68. The first-order valence-corrected chi connectivity index (χ1v) is 5.90. The van der Waals surface area contributed by atoms with Gasteiger partial charge in [-0.2, -0.15) is 0 Å². The first kappa shape index (κ1) is 11.2. The van der Waals surface area contributed by atoms with Gasteiger partial charge in [0.15, 0.2) is 0 Å². The van der Waals surface area contributed by atoms with Crippen molar-refractivity contribution in [3.05, 3.63) is 65.5 Å². The zero-order valence-corrected chi connectivity index (χ0v) is 9.90. The highest BCUT2D eigenvalue weighted by Gasteiger charge is 2.41. The lowest BCUT2D eigenvalue weighted by atomic mass is 9.73. The molecule has 3 rings (SSSR count). The molecule has 0 bridgehead atoms. The summed E-state index contributed by atoms with van der Waals surface area (Å²) in [5.74, 6) is -0.216. The highest BCUT2D eigenvalue weighted by molar-refractivity contribution is 5.47. The summed E-state index contributed by atoms with van der Waals surface area (Å²) in [6.07, 6.45) is 0. The normalized spacial score (nSPS) is 17.2. The van der Waals surface area contributed by atoms with Gasteiger partial charge in [-0.3, -0.25) is 0 Å². The van der Waals surface area contributed by atoms with E-state index in [1.165, 1.54) is 12.1 Å². The Morgan fingerprint density at radius 1 is 0.889 bits per heavy atom. The molecule has 2 nitrogen and oxygen atoms in total. The van der Waals surface area contributed by atoms with E-state index in [1.807, 2.05) is 36.4 Å². The average molecular weight is 243 g/mol. The van der Waals surface area contributed by atoms with Crippen molar-refractivity contribution in [2.75, 3.05) is 18.9 Å². The molecule has 3 heteroatoms. The van der Waals surface area contributed by atoms with E-state index in [2.05, 4.69) is 0 Å². The molecule has 1 heterocycles. The highest BCUT2D eigenvalue weighted by atomic mass is 19.1. The molecule has 0 aromatic heterocycles. The highest BCUT2D eigenvalue weighted by Crippen LogP contribution is 2.39. The van der Waals surface area contributed by atoms with Crippen LogP contribution in [0.25, 0.3) is 0 Å². The Hall–Kier alpha value is -1.87. The van der Waals surface area contributed by atoms with E-state index in [9.17, 15) is 4.39 Å². The molecule has 0 atom stereocenters. The monoisotopic (exact) mass is 243 g/mol. The quantitative estimate of drug-likeness (QED) is 0.823. The molecular weight excluding hydrogens is 229 g/mol. The molecule has 1 fully saturated rings. The van der Waals surface area contributed by atoms with Crippen molar-refractivity contribution in [1.82, 2.24) is 0 Å². The van der Waals surface area contributed by atoms with Crippen LogP contribution in [0.1, 0.15) is 11.1 Å². The van der Waals surface area contributed by atoms with Gasteiger partial charge in [-0.15, -0.1) is 0 Å². The number of hydrogen-bond donors (Lipinski definition) is 1. The van der Waals surface area contributed by atoms with Crippen molar-refractivity contribution < 1.29 is 9.13 Å². The summed E-state index contributed by atoms with van der Waals surface area (Å²) in [4.78, 5) is 0. The van der Waals surface area contributed by atoms with Crippen LogP contribution in [0.2, 0.25) is 0 Å². The van der Waals surface area contributed by atoms with E-state index >= 15 is 0 Å². The number of rotatable bonds is 2. The predicted octanol–water partition coefficient (Wildman–Crippen LogP) is 2.72. The zero-order chi connectivity index (χ0) is 12.6. The Labute approximate surface area is 105 Å². The smallest absolute Gasteiger partial charge is 0.123 e. The topological polar surface area (TPSA) is 35.2 Å². The van der Waals surface area contributed by atoms with Gasteiger partial charge in [0.1, 0.15) is 5.82 Å². The van der Waals surface area contributed by atoms with Crippen molar-refractivity contribution >= 4 is 5.69 Å². The predicted molar refractivity (Wildman–Crippen MR) is 68.9 cm³/mol. The number of halogens is 1. The lowest BCUT2D eigenvalue weighted by Gasteiger charge is -2.42. The van der Waals surface area contributed by atoms with Crippen LogP contribution in [-0.2, 0) is 10.2 Å².